The molecule has 0 radical (unpaired) electrons. The highest BCUT2D eigenvalue weighted by molar-refractivity contribution is 9.10. The number of aromatic nitrogens is 1. The Balaban J connectivity index is 2.44. The first-order chi connectivity index (χ1) is 7.72. The highest BCUT2D eigenvalue weighted by atomic mass is 79.9. The standard InChI is InChI=1S/C11H10BrClN2S/c1-14-10(11-15-4-5-16-11)8-6-7(12)2-3-9(8)13/h2-6,10,14H,1H3. The highest BCUT2D eigenvalue weighted by Crippen LogP contribution is 2.31. The topological polar surface area (TPSA) is 24.9 Å². The van der Waals surface area contributed by atoms with Crippen molar-refractivity contribution >= 4 is 38.9 Å². The lowest BCUT2D eigenvalue weighted by Gasteiger charge is -2.15. The Morgan fingerprint density at radius 2 is 2.31 bits per heavy atom. The predicted molar refractivity (Wildman–Crippen MR) is 72.2 cm³/mol. The summed E-state index contributed by atoms with van der Waals surface area (Å²) in [7, 11) is 1.91. The second-order valence-corrected chi connectivity index (χ2v) is 5.51. The van der Waals surface area contributed by atoms with Crippen LogP contribution in [0.1, 0.15) is 16.6 Å². The van der Waals surface area contributed by atoms with Gasteiger partial charge < -0.3 is 5.32 Å². The van der Waals surface area contributed by atoms with Gasteiger partial charge in [0.05, 0.1) is 6.04 Å². The van der Waals surface area contributed by atoms with Crippen molar-refractivity contribution in [2.24, 2.45) is 0 Å². The van der Waals surface area contributed by atoms with Crippen LogP contribution in [0.2, 0.25) is 5.02 Å². The van der Waals surface area contributed by atoms with E-state index in [9.17, 15) is 0 Å². The second kappa shape index (κ2) is 5.27. The van der Waals surface area contributed by atoms with E-state index in [0.717, 1.165) is 20.1 Å². The van der Waals surface area contributed by atoms with Crippen molar-refractivity contribution in [1.29, 1.82) is 0 Å². The van der Waals surface area contributed by atoms with Crippen molar-refractivity contribution in [3.8, 4) is 0 Å². The summed E-state index contributed by atoms with van der Waals surface area (Å²) in [5.41, 5.74) is 1.04. The highest BCUT2D eigenvalue weighted by Gasteiger charge is 2.17. The zero-order valence-corrected chi connectivity index (χ0v) is 11.7. The second-order valence-electron chi connectivity index (χ2n) is 3.26. The summed E-state index contributed by atoms with van der Waals surface area (Å²) in [5.74, 6) is 0. The average molecular weight is 318 g/mol. The SMILES string of the molecule is CNC(c1nccs1)c1cc(Br)ccc1Cl. The molecule has 1 atom stereocenters. The van der Waals surface area contributed by atoms with Crippen LogP contribution in [-0.4, -0.2) is 12.0 Å². The molecule has 0 aliphatic rings. The van der Waals surface area contributed by atoms with Crippen LogP contribution in [-0.2, 0) is 0 Å². The van der Waals surface area contributed by atoms with Gasteiger partial charge in [-0.2, -0.15) is 0 Å². The van der Waals surface area contributed by atoms with Crippen LogP contribution in [0, 0.1) is 0 Å². The monoisotopic (exact) mass is 316 g/mol. The molecular formula is C11H10BrClN2S. The number of hydrogen-bond donors (Lipinski definition) is 1. The Hall–Kier alpha value is -0.420. The molecule has 0 spiro atoms. The Morgan fingerprint density at radius 3 is 2.94 bits per heavy atom. The van der Waals surface area contributed by atoms with Crippen molar-refractivity contribution in [2.45, 2.75) is 6.04 Å². The molecule has 1 heterocycles. The van der Waals surface area contributed by atoms with Crippen LogP contribution in [0.4, 0.5) is 0 Å². The Bertz CT molecular complexity index is 473. The van der Waals surface area contributed by atoms with E-state index in [1.54, 1.807) is 17.5 Å². The lowest BCUT2D eigenvalue weighted by atomic mass is 10.1. The molecule has 0 aliphatic heterocycles. The van der Waals surface area contributed by atoms with E-state index in [-0.39, 0.29) is 6.04 Å². The summed E-state index contributed by atoms with van der Waals surface area (Å²) in [6.45, 7) is 0. The number of halogens is 2. The van der Waals surface area contributed by atoms with E-state index in [0.29, 0.717) is 0 Å². The maximum Gasteiger partial charge on any atom is 0.114 e. The molecule has 84 valence electrons. The largest absolute Gasteiger partial charge is 0.307 e. The maximum atomic E-state index is 6.20. The van der Waals surface area contributed by atoms with Crippen LogP contribution in [0.3, 0.4) is 0 Å². The summed E-state index contributed by atoms with van der Waals surface area (Å²) in [4.78, 5) is 4.32. The van der Waals surface area contributed by atoms with E-state index in [4.69, 9.17) is 11.6 Å². The Labute approximate surface area is 112 Å². The molecule has 16 heavy (non-hydrogen) atoms. The van der Waals surface area contributed by atoms with Gasteiger partial charge in [-0.1, -0.05) is 27.5 Å². The summed E-state index contributed by atoms with van der Waals surface area (Å²) in [6, 6.07) is 5.88. The van der Waals surface area contributed by atoms with Gasteiger partial charge in [0.1, 0.15) is 5.01 Å². The first-order valence-corrected chi connectivity index (χ1v) is 6.79. The number of hydrogen-bond acceptors (Lipinski definition) is 3. The van der Waals surface area contributed by atoms with E-state index >= 15 is 0 Å². The molecule has 0 fully saturated rings. The van der Waals surface area contributed by atoms with Crippen molar-refractivity contribution in [1.82, 2.24) is 10.3 Å². The Kier molecular flexibility index (Phi) is 3.97. The molecule has 2 aromatic rings. The summed E-state index contributed by atoms with van der Waals surface area (Å²) in [6.07, 6.45) is 1.80. The fraction of sp³-hybridized carbons (Fsp3) is 0.182. The van der Waals surface area contributed by atoms with E-state index < -0.39 is 0 Å². The van der Waals surface area contributed by atoms with Gasteiger partial charge >= 0.3 is 0 Å². The average Bonchev–Trinajstić information content (AvgIpc) is 2.78. The number of thiazole rings is 1. The summed E-state index contributed by atoms with van der Waals surface area (Å²) in [5, 5.41) is 6.96. The maximum absolute atomic E-state index is 6.20. The first-order valence-electron chi connectivity index (χ1n) is 4.74. The van der Waals surface area contributed by atoms with Gasteiger partial charge in [-0.15, -0.1) is 11.3 Å². The van der Waals surface area contributed by atoms with Gasteiger partial charge in [0, 0.05) is 21.1 Å². The predicted octanol–water partition coefficient (Wildman–Crippen LogP) is 3.87. The summed E-state index contributed by atoms with van der Waals surface area (Å²) < 4.78 is 1.02. The third-order valence-electron chi connectivity index (χ3n) is 2.26. The molecule has 1 unspecified atom stereocenters. The van der Waals surface area contributed by atoms with Crippen molar-refractivity contribution in [3.63, 3.8) is 0 Å². The van der Waals surface area contributed by atoms with Gasteiger partial charge in [0.25, 0.3) is 0 Å². The van der Waals surface area contributed by atoms with Crippen LogP contribution in [0.5, 0.6) is 0 Å². The zero-order valence-electron chi connectivity index (χ0n) is 8.58. The van der Waals surface area contributed by atoms with E-state index in [1.165, 1.54) is 0 Å². The number of rotatable bonds is 3. The molecule has 0 aliphatic carbocycles. The lowest BCUT2D eigenvalue weighted by molar-refractivity contribution is 0.686. The van der Waals surface area contributed by atoms with Gasteiger partial charge in [0.2, 0.25) is 0 Å². The van der Waals surface area contributed by atoms with Gasteiger partial charge in [-0.3, -0.25) is 0 Å². The number of benzene rings is 1. The minimum absolute atomic E-state index is 0.0463. The normalized spacial score (nSPS) is 12.7. The smallest absolute Gasteiger partial charge is 0.114 e. The third-order valence-corrected chi connectivity index (χ3v) is 3.93. The minimum atomic E-state index is 0.0463. The zero-order chi connectivity index (χ0) is 11.5. The molecular weight excluding hydrogens is 308 g/mol. The number of nitrogens with one attached hydrogen (secondary N) is 1. The van der Waals surface area contributed by atoms with Crippen LogP contribution in [0.15, 0.2) is 34.2 Å². The van der Waals surface area contributed by atoms with Crippen molar-refractivity contribution in [2.75, 3.05) is 7.05 Å². The van der Waals surface area contributed by atoms with Crippen molar-refractivity contribution < 1.29 is 0 Å². The minimum Gasteiger partial charge on any atom is -0.307 e. The molecule has 1 aromatic heterocycles. The van der Waals surface area contributed by atoms with E-state index in [1.807, 2.05) is 30.6 Å². The van der Waals surface area contributed by atoms with Gasteiger partial charge in [0.15, 0.2) is 0 Å². The van der Waals surface area contributed by atoms with Crippen molar-refractivity contribution in [3.05, 3.63) is 49.8 Å². The van der Waals surface area contributed by atoms with Crippen LogP contribution >= 0.6 is 38.9 Å². The molecule has 0 saturated carbocycles. The molecule has 2 rings (SSSR count). The first kappa shape index (κ1) is 12.0. The van der Waals surface area contributed by atoms with Crippen LogP contribution < -0.4 is 5.32 Å². The molecule has 0 amide bonds. The summed E-state index contributed by atoms with van der Waals surface area (Å²) >= 11 is 11.3. The lowest BCUT2D eigenvalue weighted by Crippen LogP contribution is -2.17. The molecule has 5 heteroatoms. The fourth-order valence-corrected chi connectivity index (χ4v) is 2.89. The molecule has 2 nitrogen and oxygen atoms in total. The molecule has 0 saturated heterocycles. The quantitative estimate of drug-likeness (QED) is 0.929. The van der Waals surface area contributed by atoms with Crippen LogP contribution in [0.25, 0.3) is 0 Å². The van der Waals surface area contributed by atoms with Gasteiger partial charge in [-0.05, 0) is 30.8 Å². The Morgan fingerprint density at radius 1 is 1.50 bits per heavy atom. The van der Waals surface area contributed by atoms with E-state index in [2.05, 4.69) is 26.2 Å². The fourth-order valence-electron chi connectivity index (χ4n) is 1.52. The third kappa shape index (κ3) is 2.46. The van der Waals surface area contributed by atoms with Gasteiger partial charge in [-0.25, -0.2) is 4.98 Å². The molecule has 0 bridgehead atoms. The number of nitrogens with zero attached hydrogens (tertiary/aromatic N) is 1. The molecule has 1 aromatic carbocycles. The molecule has 1 N–H and O–H groups in total.